The lowest BCUT2D eigenvalue weighted by atomic mass is 10.1. The maximum atomic E-state index is 12.5. The van der Waals surface area contributed by atoms with Crippen molar-refractivity contribution in [1.29, 1.82) is 5.26 Å². The third-order valence-electron chi connectivity index (χ3n) is 4.40. The van der Waals surface area contributed by atoms with Crippen molar-refractivity contribution in [2.75, 3.05) is 11.9 Å². The third-order valence-corrected chi connectivity index (χ3v) is 5.16. The van der Waals surface area contributed by atoms with Crippen LogP contribution in [-0.2, 0) is 4.79 Å². The van der Waals surface area contributed by atoms with E-state index in [0.29, 0.717) is 23.4 Å². The average Bonchev–Trinajstić information content (AvgIpc) is 3.27. The molecule has 1 heterocycles. The van der Waals surface area contributed by atoms with Crippen molar-refractivity contribution in [3.05, 3.63) is 75.2 Å². The first-order valence-corrected chi connectivity index (χ1v) is 10.7. The Morgan fingerprint density at radius 3 is 2.78 bits per heavy atom. The first-order valence-electron chi connectivity index (χ1n) is 9.86. The third kappa shape index (κ3) is 6.00. The van der Waals surface area contributed by atoms with E-state index in [2.05, 4.69) is 17.2 Å². The Balaban J connectivity index is 1.69. The van der Waals surface area contributed by atoms with Gasteiger partial charge in [0.15, 0.2) is 5.13 Å². The number of hydrogen-bond donors (Lipinski definition) is 1. The molecule has 9 heteroatoms. The van der Waals surface area contributed by atoms with Crippen LogP contribution >= 0.6 is 11.3 Å². The first kappa shape index (κ1) is 22.7. The van der Waals surface area contributed by atoms with Crippen LogP contribution in [0.2, 0.25) is 0 Å². The largest absolute Gasteiger partial charge is 0.494 e. The molecule has 0 saturated carbocycles. The maximum Gasteiger partial charge on any atom is 0.270 e. The van der Waals surface area contributed by atoms with E-state index in [9.17, 15) is 20.2 Å². The van der Waals surface area contributed by atoms with E-state index in [1.165, 1.54) is 29.5 Å². The van der Waals surface area contributed by atoms with Gasteiger partial charge < -0.3 is 4.74 Å². The summed E-state index contributed by atoms with van der Waals surface area (Å²) >= 11 is 1.17. The highest BCUT2D eigenvalue weighted by Crippen LogP contribution is 2.27. The second-order valence-corrected chi connectivity index (χ2v) is 7.60. The fraction of sp³-hybridized carbons (Fsp3) is 0.174. The standard InChI is InChI=1S/C23H20N4O4S/c1-2-3-11-31-20-9-7-16(8-10-20)12-18(14-24)22(28)26-23-25-21(15-32-23)17-5-4-6-19(13-17)27(29)30/h4-10,12-13,15H,2-3,11H2,1H3,(H,25,26,28). The van der Waals surface area contributed by atoms with Gasteiger partial charge in [-0.05, 0) is 30.2 Å². The highest BCUT2D eigenvalue weighted by molar-refractivity contribution is 7.14. The lowest BCUT2D eigenvalue weighted by molar-refractivity contribution is -0.384. The number of carbonyl (C=O) groups is 1. The van der Waals surface area contributed by atoms with E-state index >= 15 is 0 Å². The van der Waals surface area contributed by atoms with Crippen molar-refractivity contribution in [2.24, 2.45) is 0 Å². The van der Waals surface area contributed by atoms with E-state index in [0.717, 1.165) is 18.6 Å². The number of nitrogens with zero attached hydrogens (tertiary/aromatic N) is 3. The van der Waals surface area contributed by atoms with Crippen LogP contribution < -0.4 is 10.1 Å². The summed E-state index contributed by atoms with van der Waals surface area (Å²) in [5.41, 5.74) is 1.63. The SMILES string of the molecule is CCCCOc1ccc(C=C(C#N)C(=O)Nc2nc(-c3cccc([N+](=O)[O-])c3)cs2)cc1. The number of aromatic nitrogens is 1. The molecule has 162 valence electrons. The number of nitro groups is 1. The topological polar surface area (TPSA) is 118 Å². The number of hydrogen-bond acceptors (Lipinski definition) is 7. The number of nitriles is 1. The zero-order valence-electron chi connectivity index (χ0n) is 17.3. The molecule has 0 atom stereocenters. The minimum absolute atomic E-state index is 0.0439. The highest BCUT2D eigenvalue weighted by atomic mass is 32.1. The lowest BCUT2D eigenvalue weighted by Crippen LogP contribution is -2.13. The van der Waals surface area contributed by atoms with Gasteiger partial charge in [-0.25, -0.2) is 4.98 Å². The Bertz CT molecular complexity index is 1180. The van der Waals surface area contributed by atoms with Gasteiger partial charge in [0, 0.05) is 23.1 Å². The van der Waals surface area contributed by atoms with Crippen LogP contribution in [0.25, 0.3) is 17.3 Å². The van der Waals surface area contributed by atoms with Crippen molar-refractivity contribution in [3.63, 3.8) is 0 Å². The molecule has 1 aromatic heterocycles. The highest BCUT2D eigenvalue weighted by Gasteiger charge is 2.14. The van der Waals surface area contributed by atoms with Gasteiger partial charge in [0.2, 0.25) is 0 Å². The van der Waals surface area contributed by atoms with Crippen LogP contribution in [0.3, 0.4) is 0 Å². The second-order valence-electron chi connectivity index (χ2n) is 6.74. The van der Waals surface area contributed by atoms with Gasteiger partial charge in [-0.1, -0.05) is 37.6 Å². The summed E-state index contributed by atoms with van der Waals surface area (Å²) in [4.78, 5) is 27.3. The molecule has 0 aliphatic heterocycles. The molecule has 1 N–H and O–H groups in total. The summed E-state index contributed by atoms with van der Waals surface area (Å²) in [5.74, 6) is 0.144. The first-order chi connectivity index (χ1) is 15.5. The smallest absolute Gasteiger partial charge is 0.270 e. The molecule has 0 aliphatic carbocycles. The molecule has 3 aromatic rings. The Morgan fingerprint density at radius 1 is 1.31 bits per heavy atom. The number of unbranched alkanes of at least 4 members (excludes halogenated alkanes) is 1. The molecule has 1 amide bonds. The quantitative estimate of drug-likeness (QED) is 0.153. The van der Waals surface area contributed by atoms with Crippen LogP contribution in [0.1, 0.15) is 25.3 Å². The molecule has 0 fully saturated rings. The minimum atomic E-state index is -0.587. The monoisotopic (exact) mass is 448 g/mol. The van der Waals surface area contributed by atoms with Gasteiger partial charge in [-0.3, -0.25) is 20.2 Å². The van der Waals surface area contributed by atoms with E-state index in [-0.39, 0.29) is 16.4 Å². The summed E-state index contributed by atoms with van der Waals surface area (Å²) < 4.78 is 5.61. The predicted molar refractivity (Wildman–Crippen MR) is 123 cm³/mol. The maximum absolute atomic E-state index is 12.5. The van der Waals surface area contributed by atoms with Crippen molar-refractivity contribution in [1.82, 2.24) is 4.98 Å². The Hall–Kier alpha value is -4.03. The molecule has 32 heavy (non-hydrogen) atoms. The summed E-state index contributed by atoms with van der Waals surface area (Å²) in [5, 5.41) is 24.9. The summed E-state index contributed by atoms with van der Waals surface area (Å²) in [6.07, 6.45) is 3.51. The molecule has 8 nitrogen and oxygen atoms in total. The molecule has 3 rings (SSSR count). The molecule has 0 spiro atoms. The number of thiazole rings is 1. The molecular weight excluding hydrogens is 428 g/mol. The van der Waals surface area contributed by atoms with Crippen molar-refractivity contribution in [2.45, 2.75) is 19.8 Å². The van der Waals surface area contributed by atoms with Crippen LogP contribution in [-0.4, -0.2) is 22.4 Å². The number of carbonyl (C=O) groups excluding carboxylic acids is 1. The van der Waals surface area contributed by atoms with Crippen molar-refractivity contribution >= 4 is 34.1 Å². The summed E-state index contributed by atoms with van der Waals surface area (Å²) in [7, 11) is 0. The minimum Gasteiger partial charge on any atom is -0.494 e. The van der Waals surface area contributed by atoms with E-state index in [1.54, 1.807) is 41.8 Å². The molecule has 2 aromatic carbocycles. The van der Waals surface area contributed by atoms with Gasteiger partial charge in [-0.2, -0.15) is 5.26 Å². The number of anilines is 1. The molecule has 0 aliphatic rings. The van der Waals surface area contributed by atoms with Crippen LogP contribution in [0.5, 0.6) is 5.75 Å². The zero-order valence-corrected chi connectivity index (χ0v) is 18.1. The normalized spacial score (nSPS) is 10.9. The number of non-ortho nitro benzene ring substituents is 1. The van der Waals surface area contributed by atoms with E-state index in [1.807, 2.05) is 6.07 Å². The van der Waals surface area contributed by atoms with E-state index in [4.69, 9.17) is 4.74 Å². The molecule has 0 unspecified atom stereocenters. The zero-order chi connectivity index (χ0) is 22.9. The van der Waals surface area contributed by atoms with E-state index < -0.39 is 10.8 Å². The van der Waals surface area contributed by atoms with Gasteiger partial charge >= 0.3 is 0 Å². The molecule has 0 bridgehead atoms. The van der Waals surface area contributed by atoms with Crippen LogP contribution in [0.4, 0.5) is 10.8 Å². The second kappa shape index (κ2) is 10.8. The van der Waals surface area contributed by atoms with Gasteiger partial charge in [0.1, 0.15) is 17.4 Å². The van der Waals surface area contributed by atoms with Gasteiger partial charge in [0.05, 0.1) is 17.2 Å². The van der Waals surface area contributed by atoms with Crippen LogP contribution in [0, 0.1) is 21.4 Å². The van der Waals surface area contributed by atoms with Gasteiger partial charge in [-0.15, -0.1) is 11.3 Å². The number of rotatable bonds is 9. The number of nitrogens with one attached hydrogen (secondary N) is 1. The fourth-order valence-electron chi connectivity index (χ4n) is 2.72. The molecular formula is C23H20N4O4S. The molecule has 0 saturated heterocycles. The number of ether oxygens (including phenoxy) is 1. The van der Waals surface area contributed by atoms with Crippen LogP contribution in [0.15, 0.2) is 59.5 Å². The fourth-order valence-corrected chi connectivity index (χ4v) is 3.43. The Kier molecular flexibility index (Phi) is 7.67. The predicted octanol–water partition coefficient (Wildman–Crippen LogP) is 5.44. The average molecular weight is 449 g/mol. The van der Waals surface area contributed by atoms with Gasteiger partial charge in [0.25, 0.3) is 11.6 Å². The summed E-state index contributed by atoms with van der Waals surface area (Å²) in [6.45, 7) is 2.73. The lowest BCUT2D eigenvalue weighted by Gasteiger charge is -2.05. The number of amides is 1. The Labute approximate surface area is 189 Å². The summed E-state index contributed by atoms with van der Waals surface area (Å²) in [6, 6.07) is 15.1. The number of benzene rings is 2. The van der Waals surface area contributed by atoms with Crippen molar-refractivity contribution in [3.8, 4) is 23.1 Å². The Morgan fingerprint density at radius 2 is 2.09 bits per heavy atom. The molecule has 0 radical (unpaired) electrons. The van der Waals surface area contributed by atoms with Crippen molar-refractivity contribution < 1.29 is 14.5 Å². The number of nitro benzene ring substituents is 1.